The van der Waals surface area contributed by atoms with E-state index in [-0.39, 0.29) is 17.7 Å². The molecule has 2 saturated heterocycles. The van der Waals surface area contributed by atoms with Gasteiger partial charge in [0.25, 0.3) is 5.91 Å². The maximum absolute atomic E-state index is 13.4. The zero-order valence-corrected chi connectivity index (χ0v) is 18.6. The summed E-state index contributed by atoms with van der Waals surface area (Å²) < 4.78 is 0. The second-order valence-corrected chi connectivity index (χ2v) is 8.93. The maximum Gasteiger partial charge on any atom is 0.256 e. The molecule has 168 valence electrons. The Morgan fingerprint density at radius 1 is 0.903 bits per heavy atom. The normalized spacial score (nSPS) is 19.7. The molecule has 1 N–H and O–H groups in total. The van der Waals surface area contributed by atoms with Gasteiger partial charge in [0.2, 0.25) is 11.8 Å². The van der Waals surface area contributed by atoms with Crippen molar-refractivity contribution in [3.05, 3.63) is 23.8 Å². The standard InChI is InChI=1S/C24H34N4O3/c1-2-22(29)25-19-9-10-21(20(17-19)24(31)27-11-4-3-5-12-27)26-13-6-14-28(16-15-26)23(30)18-7-8-18/h9-10,17-18H,2-8,11-16H2,1H3,(H,25,29). The first-order valence-electron chi connectivity index (χ1n) is 11.8. The van der Waals surface area contributed by atoms with Crippen LogP contribution in [0.5, 0.6) is 0 Å². The van der Waals surface area contributed by atoms with Crippen molar-refractivity contribution in [2.75, 3.05) is 49.5 Å². The highest BCUT2D eigenvalue weighted by Gasteiger charge is 2.34. The lowest BCUT2D eigenvalue weighted by Crippen LogP contribution is -2.38. The zero-order chi connectivity index (χ0) is 21.8. The third-order valence-corrected chi connectivity index (χ3v) is 6.55. The van der Waals surface area contributed by atoms with Crippen LogP contribution in [0.25, 0.3) is 0 Å². The van der Waals surface area contributed by atoms with E-state index < -0.39 is 0 Å². The van der Waals surface area contributed by atoms with E-state index in [4.69, 9.17) is 0 Å². The summed E-state index contributed by atoms with van der Waals surface area (Å²) in [6.45, 7) is 6.40. The summed E-state index contributed by atoms with van der Waals surface area (Å²) in [5.74, 6) is 0.513. The number of piperidine rings is 1. The Labute approximate surface area is 184 Å². The first-order valence-corrected chi connectivity index (χ1v) is 11.8. The number of rotatable bonds is 5. The Morgan fingerprint density at radius 2 is 1.65 bits per heavy atom. The molecule has 1 saturated carbocycles. The minimum absolute atomic E-state index is 0.0393. The lowest BCUT2D eigenvalue weighted by molar-refractivity contribution is -0.132. The Morgan fingerprint density at radius 3 is 2.35 bits per heavy atom. The largest absolute Gasteiger partial charge is 0.369 e. The minimum atomic E-state index is -0.0619. The second kappa shape index (κ2) is 9.71. The summed E-state index contributed by atoms with van der Waals surface area (Å²) in [5.41, 5.74) is 2.22. The third-order valence-electron chi connectivity index (χ3n) is 6.55. The van der Waals surface area contributed by atoms with Gasteiger partial charge >= 0.3 is 0 Å². The molecule has 0 spiro atoms. The van der Waals surface area contributed by atoms with Gasteiger partial charge in [0, 0.05) is 63.0 Å². The molecule has 2 heterocycles. The number of benzene rings is 1. The first kappa shape index (κ1) is 21.7. The number of anilines is 2. The number of nitrogens with one attached hydrogen (secondary N) is 1. The van der Waals surface area contributed by atoms with Gasteiger partial charge < -0.3 is 20.0 Å². The average Bonchev–Trinajstić information content (AvgIpc) is 3.66. The van der Waals surface area contributed by atoms with Crippen LogP contribution >= 0.6 is 0 Å². The Kier molecular flexibility index (Phi) is 6.78. The SMILES string of the molecule is CCC(=O)Nc1ccc(N2CCCN(C(=O)C3CC3)CC2)c(C(=O)N2CCCCC2)c1. The van der Waals surface area contributed by atoms with Crippen molar-refractivity contribution < 1.29 is 14.4 Å². The molecule has 0 radical (unpaired) electrons. The molecular formula is C24H34N4O3. The first-order chi connectivity index (χ1) is 15.1. The number of hydrogen-bond acceptors (Lipinski definition) is 4. The number of amides is 3. The molecule has 3 aliphatic rings. The predicted octanol–water partition coefficient (Wildman–Crippen LogP) is 3.11. The molecule has 0 aromatic heterocycles. The quantitative estimate of drug-likeness (QED) is 0.785. The van der Waals surface area contributed by atoms with E-state index in [0.29, 0.717) is 30.1 Å². The fourth-order valence-corrected chi connectivity index (χ4v) is 4.54. The van der Waals surface area contributed by atoms with Gasteiger partial charge in [-0.3, -0.25) is 14.4 Å². The monoisotopic (exact) mass is 426 g/mol. The highest BCUT2D eigenvalue weighted by molar-refractivity contribution is 6.02. The average molecular weight is 427 g/mol. The molecule has 7 heteroatoms. The fraction of sp³-hybridized carbons (Fsp3) is 0.625. The fourth-order valence-electron chi connectivity index (χ4n) is 4.54. The molecule has 1 aromatic rings. The van der Waals surface area contributed by atoms with E-state index in [1.807, 2.05) is 34.9 Å². The van der Waals surface area contributed by atoms with E-state index in [1.54, 1.807) is 0 Å². The van der Waals surface area contributed by atoms with Crippen molar-refractivity contribution in [3.63, 3.8) is 0 Å². The van der Waals surface area contributed by atoms with Gasteiger partial charge in [0.15, 0.2) is 0 Å². The summed E-state index contributed by atoms with van der Waals surface area (Å²) in [6, 6.07) is 5.67. The molecule has 1 aliphatic carbocycles. The number of carbonyl (C=O) groups excluding carboxylic acids is 3. The Bertz CT molecular complexity index is 830. The lowest BCUT2D eigenvalue weighted by Gasteiger charge is -2.30. The van der Waals surface area contributed by atoms with Crippen molar-refractivity contribution in [1.29, 1.82) is 0 Å². The number of likely N-dealkylation sites (tertiary alicyclic amines) is 1. The molecule has 0 atom stereocenters. The van der Waals surface area contributed by atoms with Gasteiger partial charge in [-0.15, -0.1) is 0 Å². The molecule has 2 aliphatic heterocycles. The number of hydrogen-bond donors (Lipinski definition) is 1. The van der Waals surface area contributed by atoms with Crippen molar-refractivity contribution in [3.8, 4) is 0 Å². The molecular weight excluding hydrogens is 392 g/mol. The van der Waals surface area contributed by atoms with Crippen LogP contribution in [0.4, 0.5) is 11.4 Å². The molecule has 3 fully saturated rings. The van der Waals surface area contributed by atoms with Crippen LogP contribution in [-0.4, -0.2) is 66.8 Å². The van der Waals surface area contributed by atoms with Crippen LogP contribution < -0.4 is 10.2 Å². The van der Waals surface area contributed by atoms with E-state index in [1.165, 1.54) is 6.42 Å². The number of carbonyl (C=O) groups is 3. The lowest BCUT2D eigenvalue weighted by atomic mass is 10.1. The summed E-state index contributed by atoms with van der Waals surface area (Å²) in [6.07, 6.45) is 6.58. The van der Waals surface area contributed by atoms with E-state index in [2.05, 4.69) is 10.2 Å². The molecule has 3 amide bonds. The molecule has 7 nitrogen and oxygen atoms in total. The van der Waals surface area contributed by atoms with Crippen LogP contribution in [0, 0.1) is 5.92 Å². The van der Waals surface area contributed by atoms with Gasteiger partial charge in [-0.2, -0.15) is 0 Å². The summed E-state index contributed by atoms with van der Waals surface area (Å²) >= 11 is 0. The smallest absolute Gasteiger partial charge is 0.256 e. The van der Waals surface area contributed by atoms with E-state index in [9.17, 15) is 14.4 Å². The highest BCUT2D eigenvalue weighted by Crippen LogP contribution is 2.32. The van der Waals surface area contributed by atoms with Crippen LogP contribution in [0.15, 0.2) is 18.2 Å². The molecule has 4 rings (SSSR count). The van der Waals surface area contributed by atoms with E-state index >= 15 is 0 Å². The minimum Gasteiger partial charge on any atom is -0.369 e. The van der Waals surface area contributed by atoms with Crippen LogP contribution in [0.1, 0.15) is 62.2 Å². The van der Waals surface area contributed by atoms with Gasteiger partial charge in [0.1, 0.15) is 0 Å². The third kappa shape index (κ3) is 5.20. The van der Waals surface area contributed by atoms with Gasteiger partial charge in [0.05, 0.1) is 5.56 Å². The Hall–Kier alpha value is -2.57. The second-order valence-electron chi connectivity index (χ2n) is 8.93. The van der Waals surface area contributed by atoms with Crippen molar-refractivity contribution >= 4 is 29.1 Å². The molecule has 31 heavy (non-hydrogen) atoms. The van der Waals surface area contributed by atoms with Crippen molar-refractivity contribution in [2.24, 2.45) is 5.92 Å². The number of nitrogens with zero attached hydrogens (tertiary/aromatic N) is 3. The van der Waals surface area contributed by atoms with Crippen LogP contribution in [-0.2, 0) is 9.59 Å². The van der Waals surface area contributed by atoms with Gasteiger partial charge in [-0.1, -0.05) is 6.92 Å². The Balaban J connectivity index is 1.56. The van der Waals surface area contributed by atoms with E-state index in [0.717, 1.165) is 70.5 Å². The van der Waals surface area contributed by atoms with Crippen molar-refractivity contribution in [1.82, 2.24) is 9.80 Å². The van der Waals surface area contributed by atoms with Gasteiger partial charge in [-0.25, -0.2) is 0 Å². The van der Waals surface area contributed by atoms with Crippen LogP contribution in [0.3, 0.4) is 0 Å². The summed E-state index contributed by atoms with van der Waals surface area (Å²) in [4.78, 5) is 44.0. The summed E-state index contributed by atoms with van der Waals surface area (Å²) in [7, 11) is 0. The van der Waals surface area contributed by atoms with Crippen molar-refractivity contribution in [2.45, 2.75) is 51.9 Å². The highest BCUT2D eigenvalue weighted by atomic mass is 16.2. The zero-order valence-electron chi connectivity index (χ0n) is 18.6. The predicted molar refractivity (Wildman–Crippen MR) is 121 cm³/mol. The topological polar surface area (TPSA) is 73.0 Å². The summed E-state index contributed by atoms with van der Waals surface area (Å²) in [5, 5.41) is 2.89. The van der Waals surface area contributed by atoms with Gasteiger partial charge in [-0.05, 0) is 56.7 Å². The van der Waals surface area contributed by atoms with Crippen LogP contribution in [0.2, 0.25) is 0 Å². The molecule has 0 bridgehead atoms. The molecule has 1 aromatic carbocycles. The molecule has 0 unspecified atom stereocenters. The maximum atomic E-state index is 13.4.